The summed E-state index contributed by atoms with van der Waals surface area (Å²) < 4.78 is 32.8. The van der Waals surface area contributed by atoms with Crippen molar-refractivity contribution >= 4 is 58.4 Å². The van der Waals surface area contributed by atoms with Crippen molar-refractivity contribution in [3.63, 3.8) is 0 Å². The molecule has 0 radical (unpaired) electrons. The van der Waals surface area contributed by atoms with Gasteiger partial charge in [-0.25, -0.2) is 0 Å². The molecule has 6 rings (SSSR count). The van der Waals surface area contributed by atoms with E-state index in [1.165, 1.54) is 24.3 Å². The molecule has 0 spiro atoms. The molecule has 2 aliphatic rings. The van der Waals surface area contributed by atoms with Gasteiger partial charge in [-0.05, 0) is 46.5 Å². The Kier molecular flexibility index (Phi) is 18.1. The minimum atomic E-state index is -0.477. The van der Waals surface area contributed by atoms with Crippen molar-refractivity contribution in [3.8, 4) is 0 Å². The zero-order valence-corrected chi connectivity index (χ0v) is 36.5. The highest BCUT2D eigenvalue weighted by molar-refractivity contribution is 6.30. The number of nitro benzene ring substituents is 2. The molecule has 20 heteroatoms. The number of methoxy groups -OCH3 is 2. The van der Waals surface area contributed by atoms with Crippen molar-refractivity contribution in [3.05, 3.63) is 151 Å². The van der Waals surface area contributed by atoms with E-state index in [9.17, 15) is 29.8 Å². The van der Waals surface area contributed by atoms with E-state index in [0.29, 0.717) is 84.7 Å². The van der Waals surface area contributed by atoms with Crippen LogP contribution in [0, 0.1) is 20.2 Å². The van der Waals surface area contributed by atoms with Crippen LogP contribution < -0.4 is 10.9 Å². The van der Waals surface area contributed by atoms with Crippen LogP contribution in [0.3, 0.4) is 0 Å². The number of carbonyl (C=O) groups excluding carboxylic acids is 2. The highest BCUT2D eigenvalue weighted by atomic mass is 16.6. The third-order valence-corrected chi connectivity index (χ3v) is 10.0. The van der Waals surface area contributed by atoms with E-state index in [2.05, 4.69) is 21.1 Å². The molecule has 2 heterocycles. The van der Waals surface area contributed by atoms with Crippen LogP contribution in [-0.4, -0.2) is 137 Å². The minimum absolute atomic E-state index is 0.0357. The SMILES string of the molecule is COCCOCCOCCN1C(=O)C2=C(c3ccc(/C=N/Nc4ccc([N+](=O)[O-])cc4)cc3)N(CCOCCOCCOC)C(=O)C2=C1c1ccc(/C=N/Nc2ccc([N+](=O)[O-])cc2)cc1. The number of nitro groups is 2. The van der Waals surface area contributed by atoms with Crippen LogP contribution in [0.5, 0.6) is 0 Å². The Labute approximate surface area is 380 Å². The second-order valence-corrected chi connectivity index (χ2v) is 14.4. The predicted molar refractivity (Wildman–Crippen MR) is 246 cm³/mol. The van der Waals surface area contributed by atoms with Gasteiger partial charge in [-0.3, -0.25) is 40.7 Å². The third kappa shape index (κ3) is 13.0. The normalized spacial score (nSPS) is 13.8. The van der Waals surface area contributed by atoms with Crippen molar-refractivity contribution in [2.45, 2.75) is 0 Å². The topological polar surface area (TPSA) is 231 Å². The summed E-state index contributed by atoms with van der Waals surface area (Å²) in [5, 5.41) is 30.6. The lowest BCUT2D eigenvalue weighted by Gasteiger charge is -2.25. The molecule has 66 heavy (non-hydrogen) atoms. The van der Waals surface area contributed by atoms with Crippen molar-refractivity contribution in [1.29, 1.82) is 0 Å². The van der Waals surface area contributed by atoms with Crippen molar-refractivity contribution in [2.75, 3.05) is 104 Å². The molecule has 2 aliphatic heterocycles. The number of non-ortho nitro benzene ring substituents is 2. The van der Waals surface area contributed by atoms with E-state index in [0.717, 1.165) is 0 Å². The molecular weight excluding hydrogens is 857 g/mol. The number of nitrogens with one attached hydrogen (secondary N) is 2. The number of nitrogens with zero attached hydrogens (tertiary/aromatic N) is 6. The van der Waals surface area contributed by atoms with Gasteiger partial charge in [0.05, 0.1) is 122 Å². The molecule has 0 aliphatic carbocycles. The Balaban J connectivity index is 1.28. The van der Waals surface area contributed by atoms with E-state index in [4.69, 9.17) is 28.4 Å². The fraction of sp³-hybridized carbons (Fsp3) is 0.304. The Bertz CT molecular complexity index is 2240. The number of anilines is 2. The van der Waals surface area contributed by atoms with Gasteiger partial charge < -0.3 is 38.2 Å². The van der Waals surface area contributed by atoms with Gasteiger partial charge in [0.1, 0.15) is 0 Å². The summed E-state index contributed by atoms with van der Waals surface area (Å²) in [7, 11) is 3.18. The van der Waals surface area contributed by atoms with Gasteiger partial charge >= 0.3 is 0 Å². The standard InChI is InChI=1S/C46H50N8O12/c1-61-23-25-65-29-27-63-21-19-51-43(35-7-3-33(4-8-35)31-47-49-37-11-15-39(16-12-37)53(57)58)41-42(45(51)55)44(52(46(41)56)20-22-64-28-30-66-26-24-62-2)36-9-5-34(6-10-36)32-48-50-38-13-17-40(18-14-38)54(59)60/h3-18,31-32,49-50H,19-30H2,1-2H3/b47-31+,48-32+. The molecule has 2 amide bonds. The van der Waals surface area contributed by atoms with Crippen molar-refractivity contribution < 1.29 is 47.9 Å². The number of fused-ring (bicyclic) bond motifs is 1. The summed E-state index contributed by atoms with van der Waals surface area (Å²) in [6.45, 7) is 3.62. The Morgan fingerprint density at radius 1 is 0.500 bits per heavy atom. The fourth-order valence-corrected chi connectivity index (χ4v) is 6.80. The number of hydrazone groups is 2. The average Bonchev–Trinajstić information content (AvgIpc) is 3.77. The van der Waals surface area contributed by atoms with Gasteiger partial charge in [0.2, 0.25) is 0 Å². The fourth-order valence-electron chi connectivity index (χ4n) is 6.80. The van der Waals surface area contributed by atoms with Crippen LogP contribution in [0.1, 0.15) is 22.3 Å². The summed E-state index contributed by atoms with van der Waals surface area (Å²) in [6, 6.07) is 26.2. The van der Waals surface area contributed by atoms with Gasteiger partial charge in [-0.15, -0.1) is 0 Å². The maximum absolute atomic E-state index is 14.7. The Morgan fingerprint density at radius 3 is 1.17 bits per heavy atom. The highest BCUT2D eigenvalue weighted by Gasteiger charge is 2.48. The van der Waals surface area contributed by atoms with Crippen LogP contribution in [0.25, 0.3) is 11.4 Å². The van der Waals surface area contributed by atoms with Crippen molar-refractivity contribution in [1.82, 2.24) is 9.80 Å². The molecule has 2 N–H and O–H groups in total. The molecule has 0 fully saturated rings. The van der Waals surface area contributed by atoms with Crippen LogP contribution in [0.4, 0.5) is 22.7 Å². The maximum Gasteiger partial charge on any atom is 0.269 e. The van der Waals surface area contributed by atoms with E-state index >= 15 is 0 Å². The molecule has 0 bridgehead atoms. The number of hydrogen-bond acceptors (Lipinski definition) is 16. The van der Waals surface area contributed by atoms with Gasteiger partial charge in [0, 0.05) is 51.6 Å². The van der Waals surface area contributed by atoms with Crippen LogP contribution in [0.15, 0.2) is 118 Å². The summed E-state index contributed by atoms with van der Waals surface area (Å²) in [5.74, 6) is -0.733. The number of amides is 2. The number of ether oxygens (including phenoxy) is 6. The summed E-state index contributed by atoms with van der Waals surface area (Å²) in [4.78, 5) is 53.7. The molecule has 0 unspecified atom stereocenters. The molecule has 20 nitrogen and oxygen atoms in total. The first-order valence-electron chi connectivity index (χ1n) is 20.9. The quantitative estimate of drug-likeness (QED) is 0.0308. The van der Waals surface area contributed by atoms with Gasteiger partial charge in [0.15, 0.2) is 0 Å². The van der Waals surface area contributed by atoms with Crippen molar-refractivity contribution in [2.24, 2.45) is 10.2 Å². The second kappa shape index (κ2) is 24.8. The zero-order valence-electron chi connectivity index (χ0n) is 36.5. The summed E-state index contributed by atoms with van der Waals surface area (Å²) in [6.07, 6.45) is 3.16. The van der Waals surface area contributed by atoms with E-state index in [1.54, 1.807) is 85.0 Å². The first kappa shape index (κ1) is 48.3. The maximum atomic E-state index is 14.7. The van der Waals surface area contributed by atoms with Crippen LogP contribution in [0.2, 0.25) is 0 Å². The molecular formula is C46H50N8O12. The lowest BCUT2D eigenvalue weighted by molar-refractivity contribution is -0.385. The number of rotatable bonds is 28. The molecule has 4 aromatic rings. The number of hydrogen-bond donors (Lipinski definition) is 2. The smallest absolute Gasteiger partial charge is 0.269 e. The first-order chi connectivity index (χ1) is 32.2. The van der Waals surface area contributed by atoms with E-state index in [-0.39, 0.29) is 73.9 Å². The van der Waals surface area contributed by atoms with Gasteiger partial charge in [0.25, 0.3) is 23.2 Å². The average molecular weight is 907 g/mol. The molecule has 0 atom stereocenters. The third-order valence-electron chi connectivity index (χ3n) is 10.0. The zero-order chi connectivity index (χ0) is 46.7. The molecule has 0 aromatic heterocycles. The Morgan fingerprint density at radius 2 is 0.833 bits per heavy atom. The predicted octanol–water partition coefficient (Wildman–Crippen LogP) is 5.56. The van der Waals surface area contributed by atoms with Crippen LogP contribution in [-0.2, 0) is 38.0 Å². The largest absolute Gasteiger partial charge is 0.382 e. The lowest BCUT2D eigenvalue weighted by atomic mass is 10.0. The molecule has 4 aromatic carbocycles. The Hall–Kier alpha value is -7.20. The molecule has 346 valence electrons. The monoisotopic (exact) mass is 906 g/mol. The van der Waals surface area contributed by atoms with E-state index < -0.39 is 9.85 Å². The molecule has 0 saturated heterocycles. The first-order valence-corrected chi connectivity index (χ1v) is 20.9. The minimum Gasteiger partial charge on any atom is -0.382 e. The molecule has 0 saturated carbocycles. The van der Waals surface area contributed by atoms with Crippen LogP contribution >= 0.6 is 0 Å². The summed E-state index contributed by atoms with van der Waals surface area (Å²) in [5.41, 5.74) is 10.8. The van der Waals surface area contributed by atoms with Gasteiger partial charge in [-0.2, -0.15) is 10.2 Å². The highest BCUT2D eigenvalue weighted by Crippen LogP contribution is 2.46. The number of carbonyl (C=O) groups is 2. The second-order valence-electron chi connectivity index (χ2n) is 14.4. The van der Waals surface area contributed by atoms with Gasteiger partial charge in [-0.1, -0.05) is 48.5 Å². The lowest BCUT2D eigenvalue weighted by Crippen LogP contribution is -2.33. The number of benzene rings is 4. The summed E-state index contributed by atoms with van der Waals surface area (Å²) >= 11 is 0. The van der Waals surface area contributed by atoms with E-state index in [1.807, 2.05) is 24.3 Å².